The minimum Gasteiger partial charge on any atom is -0.382 e. The van der Waals surface area contributed by atoms with Gasteiger partial charge in [-0.3, -0.25) is 9.82 Å². The van der Waals surface area contributed by atoms with Crippen LogP contribution in [-0.2, 0) is 16.1 Å². The number of ether oxygens (including phenoxy) is 1. The number of hydrogen-bond acceptors (Lipinski definition) is 4. The molecule has 15 heavy (non-hydrogen) atoms. The van der Waals surface area contributed by atoms with E-state index in [0.717, 1.165) is 14.6 Å². The number of hydrogen-bond donors (Lipinski definition) is 1. The average Bonchev–Trinajstić information content (AvgIpc) is 2.20. The number of methoxy groups -OCH3 is 1. The van der Waals surface area contributed by atoms with Gasteiger partial charge in [0.05, 0.1) is 25.5 Å². The minimum absolute atomic E-state index is 0.518. The average molecular weight is 340 g/mol. The fourth-order valence-corrected chi connectivity index (χ4v) is 2.02. The van der Waals surface area contributed by atoms with Crippen molar-refractivity contribution in [2.75, 3.05) is 20.3 Å². The SMILES string of the molecule is COCCONCc1ncc(Br)cc1Br. The van der Waals surface area contributed by atoms with Gasteiger partial charge in [-0.05, 0) is 37.9 Å². The molecule has 0 bridgehead atoms. The van der Waals surface area contributed by atoms with Crippen molar-refractivity contribution in [3.8, 4) is 0 Å². The molecule has 1 aromatic rings. The van der Waals surface area contributed by atoms with Crippen molar-refractivity contribution in [1.29, 1.82) is 0 Å². The lowest BCUT2D eigenvalue weighted by atomic mass is 10.3. The van der Waals surface area contributed by atoms with E-state index >= 15 is 0 Å². The van der Waals surface area contributed by atoms with Crippen LogP contribution in [0.2, 0.25) is 0 Å². The third-order valence-electron chi connectivity index (χ3n) is 1.62. The van der Waals surface area contributed by atoms with Gasteiger partial charge in [0.1, 0.15) is 0 Å². The van der Waals surface area contributed by atoms with Crippen molar-refractivity contribution in [3.05, 3.63) is 26.9 Å². The van der Waals surface area contributed by atoms with Crippen LogP contribution in [0.4, 0.5) is 0 Å². The fourth-order valence-electron chi connectivity index (χ4n) is 0.890. The first-order chi connectivity index (χ1) is 7.24. The zero-order valence-electron chi connectivity index (χ0n) is 8.30. The number of nitrogens with one attached hydrogen (secondary N) is 1. The van der Waals surface area contributed by atoms with E-state index in [1.807, 2.05) is 6.07 Å². The summed E-state index contributed by atoms with van der Waals surface area (Å²) >= 11 is 6.76. The molecule has 1 rings (SSSR count). The van der Waals surface area contributed by atoms with Crippen LogP contribution in [0.15, 0.2) is 21.2 Å². The van der Waals surface area contributed by atoms with Crippen molar-refractivity contribution < 1.29 is 9.57 Å². The molecule has 0 aliphatic heterocycles. The Kier molecular flexibility index (Phi) is 6.35. The third-order valence-corrected chi connectivity index (χ3v) is 2.74. The highest BCUT2D eigenvalue weighted by molar-refractivity contribution is 9.11. The van der Waals surface area contributed by atoms with E-state index in [9.17, 15) is 0 Å². The van der Waals surface area contributed by atoms with Gasteiger partial charge in [-0.2, -0.15) is 5.48 Å². The number of aromatic nitrogens is 1. The van der Waals surface area contributed by atoms with Crippen LogP contribution in [0.5, 0.6) is 0 Å². The number of hydroxylamine groups is 1. The van der Waals surface area contributed by atoms with Gasteiger partial charge in [-0.1, -0.05) is 0 Å². The molecule has 0 atom stereocenters. The van der Waals surface area contributed by atoms with Crippen LogP contribution < -0.4 is 5.48 Å². The second kappa shape index (κ2) is 7.29. The summed E-state index contributed by atoms with van der Waals surface area (Å²) < 4.78 is 6.72. The van der Waals surface area contributed by atoms with Gasteiger partial charge in [0.25, 0.3) is 0 Å². The van der Waals surface area contributed by atoms with Gasteiger partial charge in [0.15, 0.2) is 0 Å². The molecule has 1 aromatic heterocycles. The summed E-state index contributed by atoms with van der Waals surface area (Å²) in [5.41, 5.74) is 3.71. The van der Waals surface area contributed by atoms with Crippen molar-refractivity contribution in [1.82, 2.24) is 10.5 Å². The van der Waals surface area contributed by atoms with E-state index in [0.29, 0.717) is 19.8 Å². The highest BCUT2D eigenvalue weighted by Crippen LogP contribution is 2.19. The summed E-state index contributed by atoms with van der Waals surface area (Å²) in [4.78, 5) is 9.34. The predicted octanol–water partition coefficient (Wildman–Crippen LogP) is 2.27. The Bertz CT molecular complexity index is 310. The third kappa shape index (κ3) is 5.03. The minimum atomic E-state index is 0.518. The first-order valence-electron chi connectivity index (χ1n) is 4.37. The van der Waals surface area contributed by atoms with Crippen LogP contribution in [0.25, 0.3) is 0 Å². The highest BCUT2D eigenvalue weighted by atomic mass is 79.9. The summed E-state index contributed by atoms with van der Waals surface area (Å²) in [6.07, 6.45) is 1.75. The molecule has 6 heteroatoms. The van der Waals surface area contributed by atoms with E-state index in [2.05, 4.69) is 42.3 Å². The number of rotatable bonds is 6. The van der Waals surface area contributed by atoms with Gasteiger partial charge in [-0.25, -0.2) is 0 Å². The Hall–Kier alpha value is -0.0100. The van der Waals surface area contributed by atoms with Crippen molar-refractivity contribution >= 4 is 31.9 Å². The summed E-state index contributed by atoms with van der Waals surface area (Å²) in [7, 11) is 1.64. The first-order valence-corrected chi connectivity index (χ1v) is 5.96. The first kappa shape index (κ1) is 13.1. The van der Waals surface area contributed by atoms with Gasteiger partial charge in [0.2, 0.25) is 0 Å². The van der Waals surface area contributed by atoms with Crippen molar-refractivity contribution in [2.45, 2.75) is 6.54 Å². The van der Waals surface area contributed by atoms with Crippen LogP contribution in [0, 0.1) is 0 Å². The molecule has 0 fully saturated rings. The molecule has 1 heterocycles. The summed E-state index contributed by atoms with van der Waals surface area (Å²) in [6, 6.07) is 1.94. The van der Waals surface area contributed by atoms with E-state index < -0.39 is 0 Å². The lowest BCUT2D eigenvalue weighted by Gasteiger charge is -2.06. The largest absolute Gasteiger partial charge is 0.382 e. The Morgan fingerprint density at radius 1 is 1.40 bits per heavy atom. The monoisotopic (exact) mass is 338 g/mol. The quantitative estimate of drug-likeness (QED) is 0.638. The summed E-state index contributed by atoms with van der Waals surface area (Å²) in [6.45, 7) is 1.64. The Balaban J connectivity index is 2.31. The lowest BCUT2D eigenvalue weighted by molar-refractivity contribution is 0.00290. The maximum absolute atomic E-state index is 5.12. The maximum Gasteiger partial charge on any atom is 0.0916 e. The van der Waals surface area contributed by atoms with Gasteiger partial charge < -0.3 is 4.74 Å². The van der Waals surface area contributed by atoms with Crippen LogP contribution in [0.3, 0.4) is 0 Å². The van der Waals surface area contributed by atoms with E-state index in [1.54, 1.807) is 13.3 Å². The normalized spacial score (nSPS) is 10.6. The lowest BCUT2D eigenvalue weighted by Crippen LogP contribution is -2.18. The standard InChI is InChI=1S/C9H12Br2N2O2/c1-14-2-3-15-13-6-9-8(11)4-7(10)5-12-9/h4-5,13H,2-3,6H2,1H3. The number of halogens is 2. The smallest absolute Gasteiger partial charge is 0.0916 e. The molecule has 4 nitrogen and oxygen atoms in total. The molecule has 84 valence electrons. The van der Waals surface area contributed by atoms with Gasteiger partial charge in [0, 0.05) is 22.3 Å². The van der Waals surface area contributed by atoms with Crippen molar-refractivity contribution in [3.63, 3.8) is 0 Å². The molecule has 0 spiro atoms. The molecule has 0 unspecified atom stereocenters. The molecule has 0 saturated carbocycles. The predicted molar refractivity (Wildman–Crippen MR) is 64.3 cm³/mol. The van der Waals surface area contributed by atoms with E-state index in [-0.39, 0.29) is 0 Å². The molecule has 0 radical (unpaired) electrons. The zero-order chi connectivity index (χ0) is 11.1. The van der Waals surface area contributed by atoms with Crippen LogP contribution in [0.1, 0.15) is 5.69 Å². The second-order valence-electron chi connectivity index (χ2n) is 2.74. The second-order valence-corrected chi connectivity index (χ2v) is 4.51. The van der Waals surface area contributed by atoms with Gasteiger partial charge >= 0.3 is 0 Å². The van der Waals surface area contributed by atoms with E-state index in [4.69, 9.17) is 9.57 Å². The number of pyridine rings is 1. The molecule has 1 N–H and O–H groups in total. The Morgan fingerprint density at radius 3 is 2.87 bits per heavy atom. The fraction of sp³-hybridized carbons (Fsp3) is 0.444. The molecule has 0 aromatic carbocycles. The van der Waals surface area contributed by atoms with Gasteiger partial charge in [-0.15, -0.1) is 0 Å². The molecular weight excluding hydrogens is 328 g/mol. The highest BCUT2D eigenvalue weighted by Gasteiger charge is 2.01. The number of nitrogens with zero attached hydrogens (tertiary/aromatic N) is 1. The maximum atomic E-state index is 5.12. The zero-order valence-corrected chi connectivity index (χ0v) is 11.5. The Labute approximate surface area is 106 Å². The van der Waals surface area contributed by atoms with Crippen LogP contribution >= 0.6 is 31.9 Å². The van der Waals surface area contributed by atoms with Crippen LogP contribution in [-0.4, -0.2) is 25.3 Å². The Morgan fingerprint density at radius 2 is 2.20 bits per heavy atom. The molecular formula is C9H12Br2N2O2. The molecule has 0 aliphatic rings. The molecule has 0 saturated heterocycles. The molecule has 0 amide bonds. The summed E-state index contributed by atoms with van der Waals surface area (Å²) in [5, 5.41) is 0. The topological polar surface area (TPSA) is 43.4 Å². The van der Waals surface area contributed by atoms with Crippen molar-refractivity contribution in [2.24, 2.45) is 0 Å². The molecule has 0 aliphatic carbocycles. The van der Waals surface area contributed by atoms with E-state index in [1.165, 1.54) is 0 Å². The summed E-state index contributed by atoms with van der Waals surface area (Å²) in [5.74, 6) is 0.